The van der Waals surface area contributed by atoms with Crippen molar-refractivity contribution in [2.24, 2.45) is 0 Å². The molecule has 0 saturated carbocycles. The van der Waals surface area contributed by atoms with Crippen LogP contribution >= 0.6 is 23.1 Å². The highest BCUT2D eigenvalue weighted by Crippen LogP contribution is 2.31. The Hall–Kier alpha value is -0.820. The van der Waals surface area contributed by atoms with Gasteiger partial charge in [0.05, 0.1) is 22.9 Å². The molecular weight excluding hydrogens is 278 g/mol. The maximum Gasteiger partial charge on any atom is 0.151 e. The Balaban J connectivity index is 1.65. The van der Waals surface area contributed by atoms with Gasteiger partial charge in [0.25, 0.3) is 0 Å². The highest BCUT2D eigenvalue weighted by atomic mass is 32.2. The summed E-state index contributed by atoms with van der Waals surface area (Å²) in [5, 5.41) is 0. The van der Waals surface area contributed by atoms with Crippen molar-refractivity contribution in [1.82, 2.24) is 9.88 Å². The van der Waals surface area contributed by atoms with Crippen LogP contribution in [0.1, 0.15) is 0 Å². The molecule has 0 spiro atoms. The van der Waals surface area contributed by atoms with Crippen LogP contribution in [0.5, 0.6) is 0 Å². The summed E-state index contributed by atoms with van der Waals surface area (Å²) in [4.78, 5) is 6.93. The Morgan fingerprint density at radius 2 is 2.47 bits per heavy atom. The molecule has 1 aliphatic rings. The third kappa shape index (κ3) is 3.20. The van der Waals surface area contributed by atoms with Gasteiger partial charge in [0, 0.05) is 24.5 Å². The summed E-state index contributed by atoms with van der Waals surface area (Å²) < 4.78 is 8.01. The van der Waals surface area contributed by atoms with Gasteiger partial charge in [-0.1, -0.05) is 11.8 Å². The molecule has 1 unspecified atom stereocenters. The first-order valence-corrected chi connectivity index (χ1v) is 8.10. The number of aromatic nitrogens is 1. The molecule has 4 nitrogen and oxygen atoms in total. The second-order valence-corrected chi connectivity index (χ2v) is 7.07. The average Bonchev–Trinajstić information content (AvgIpc) is 2.78. The molecule has 1 fully saturated rings. The number of benzene rings is 1. The molecule has 0 bridgehead atoms. The molecular formula is C13H17N3OS2. The lowest BCUT2D eigenvalue weighted by Crippen LogP contribution is -2.41. The van der Waals surface area contributed by atoms with Crippen molar-refractivity contribution in [2.45, 2.75) is 10.4 Å². The third-order valence-electron chi connectivity index (χ3n) is 3.13. The van der Waals surface area contributed by atoms with Crippen LogP contribution in [-0.2, 0) is 4.74 Å². The second-order valence-electron chi connectivity index (χ2n) is 4.77. The van der Waals surface area contributed by atoms with Crippen LogP contribution in [0, 0.1) is 0 Å². The summed E-state index contributed by atoms with van der Waals surface area (Å²) in [5.74, 6) is 0.958. The van der Waals surface area contributed by atoms with Crippen LogP contribution < -0.4 is 5.73 Å². The number of thiazole rings is 1. The van der Waals surface area contributed by atoms with E-state index < -0.39 is 0 Å². The number of ether oxygens (including phenoxy) is 1. The lowest BCUT2D eigenvalue weighted by atomic mass is 10.3. The summed E-state index contributed by atoms with van der Waals surface area (Å²) in [6.45, 7) is 2.87. The first kappa shape index (κ1) is 13.2. The highest BCUT2D eigenvalue weighted by Gasteiger charge is 2.18. The normalized spacial score (nSPS) is 21.0. The number of fused-ring (bicyclic) bond motifs is 1. The maximum atomic E-state index is 5.79. The van der Waals surface area contributed by atoms with Gasteiger partial charge in [0.1, 0.15) is 0 Å². The zero-order chi connectivity index (χ0) is 13.2. The molecule has 19 heavy (non-hydrogen) atoms. The number of thioether (sulfide) groups is 1. The van der Waals surface area contributed by atoms with Gasteiger partial charge in [0.2, 0.25) is 0 Å². The molecule has 2 aromatic rings. The molecule has 102 valence electrons. The third-order valence-corrected chi connectivity index (χ3v) is 5.42. The molecule has 3 rings (SSSR count). The van der Waals surface area contributed by atoms with Gasteiger partial charge in [-0.2, -0.15) is 0 Å². The fourth-order valence-electron chi connectivity index (χ4n) is 2.11. The molecule has 1 aromatic heterocycles. The quantitative estimate of drug-likeness (QED) is 0.695. The monoisotopic (exact) mass is 295 g/mol. The number of nitrogen functional groups attached to an aromatic ring is 1. The van der Waals surface area contributed by atoms with Gasteiger partial charge in [-0.05, 0) is 25.2 Å². The lowest BCUT2D eigenvalue weighted by Gasteiger charge is -2.29. The molecule has 1 aliphatic heterocycles. The van der Waals surface area contributed by atoms with E-state index in [0.717, 1.165) is 45.7 Å². The van der Waals surface area contributed by atoms with Gasteiger partial charge < -0.3 is 15.4 Å². The average molecular weight is 295 g/mol. The van der Waals surface area contributed by atoms with Gasteiger partial charge in [-0.15, -0.1) is 11.3 Å². The van der Waals surface area contributed by atoms with Crippen LogP contribution in [0.4, 0.5) is 5.69 Å². The van der Waals surface area contributed by atoms with Gasteiger partial charge in [0.15, 0.2) is 4.34 Å². The molecule has 6 heteroatoms. The fraction of sp³-hybridized carbons (Fsp3) is 0.462. The smallest absolute Gasteiger partial charge is 0.151 e. The van der Waals surface area contributed by atoms with E-state index >= 15 is 0 Å². The van der Waals surface area contributed by atoms with Crippen molar-refractivity contribution < 1.29 is 4.74 Å². The Bertz CT molecular complexity index is 572. The van der Waals surface area contributed by atoms with E-state index in [-0.39, 0.29) is 0 Å². The van der Waals surface area contributed by atoms with Gasteiger partial charge >= 0.3 is 0 Å². The Kier molecular flexibility index (Phi) is 3.93. The number of likely N-dealkylation sites (N-methyl/N-ethyl adjacent to an activating group) is 1. The summed E-state index contributed by atoms with van der Waals surface area (Å²) in [6, 6.07) is 5.87. The Morgan fingerprint density at radius 1 is 1.58 bits per heavy atom. The van der Waals surface area contributed by atoms with Gasteiger partial charge in [-0.25, -0.2) is 4.98 Å². The van der Waals surface area contributed by atoms with E-state index in [4.69, 9.17) is 10.5 Å². The molecule has 1 saturated heterocycles. The van der Waals surface area contributed by atoms with E-state index in [1.54, 1.807) is 23.1 Å². The number of nitrogens with two attached hydrogens (primary N) is 1. The number of hydrogen-bond acceptors (Lipinski definition) is 6. The highest BCUT2D eigenvalue weighted by molar-refractivity contribution is 8.01. The SMILES string of the molecule is CN1CCOC(CSc2nc3ccc(N)cc3s2)C1. The molecule has 0 radical (unpaired) electrons. The van der Waals surface area contributed by atoms with E-state index in [0.29, 0.717) is 6.10 Å². The van der Waals surface area contributed by atoms with E-state index in [2.05, 4.69) is 16.9 Å². The summed E-state index contributed by atoms with van der Waals surface area (Å²) in [7, 11) is 2.14. The minimum atomic E-state index is 0.306. The zero-order valence-electron chi connectivity index (χ0n) is 10.8. The van der Waals surface area contributed by atoms with Crippen molar-refractivity contribution in [1.29, 1.82) is 0 Å². The van der Waals surface area contributed by atoms with Crippen molar-refractivity contribution in [3.8, 4) is 0 Å². The lowest BCUT2D eigenvalue weighted by molar-refractivity contribution is -0.00598. The van der Waals surface area contributed by atoms with Crippen LogP contribution in [0.25, 0.3) is 10.2 Å². The topological polar surface area (TPSA) is 51.4 Å². The Labute approximate surface area is 120 Å². The summed E-state index contributed by atoms with van der Waals surface area (Å²) in [6.07, 6.45) is 0.306. The minimum Gasteiger partial charge on any atom is -0.399 e. The number of anilines is 1. The van der Waals surface area contributed by atoms with Crippen molar-refractivity contribution >= 4 is 39.0 Å². The van der Waals surface area contributed by atoms with Crippen LogP contribution in [0.2, 0.25) is 0 Å². The molecule has 0 amide bonds. The maximum absolute atomic E-state index is 5.79. The molecule has 1 atom stereocenters. The van der Waals surface area contributed by atoms with Crippen LogP contribution in [0.15, 0.2) is 22.5 Å². The predicted octanol–water partition coefficient (Wildman–Crippen LogP) is 2.30. The van der Waals surface area contributed by atoms with Gasteiger partial charge in [-0.3, -0.25) is 0 Å². The second kappa shape index (κ2) is 5.66. The number of morpholine rings is 1. The largest absolute Gasteiger partial charge is 0.399 e. The van der Waals surface area contributed by atoms with Crippen LogP contribution in [-0.4, -0.2) is 48.5 Å². The molecule has 2 heterocycles. The minimum absolute atomic E-state index is 0.306. The first-order chi connectivity index (χ1) is 9.20. The fourth-order valence-corrected chi connectivity index (χ4v) is 4.26. The number of nitrogens with zero attached hydrogens (tertiary/aromatic N) is 2. The summed E-state index contributed by atoms with van der Waals surface area (Å²) >= 11 is 3.48. The Morgan fingerprint density at radius 3 is 3.32 bits per heavy atom. The predicted molar refractivity (Wildman–Crippen MR) is 82.0 cm³/mol. The summed E-state index contributed by atoms with van der Waals surface area (Å²) in [5.41, 5.74) is 7.61. The zero-order valence-corrected chi connectivity index (χ0v) is 12.5. The molecule has 0 aliphatic carbocycles. The van der Waals surface area contributed by atoms with E-state index in [1.165, 1.54) is 0 Å². The number of rotatable bonds is 3. The van der Waals surface area contributed by atoms with Crippen molar-refractivity contribution in [3.63, 3.8) is 0 Å². The standard InChI is InChI=1S/C13H17N3OS2/c1-16-4-5-17-10(7-16)8-18-13-15-11-3-2-9(14)6-12(11)19-13/h2-3,6,10H,4-5,7-8,14H2,1H3. The van der Waals surface area contributed by atoms with Crippen molar-refractivity contribution in [2.75, 3.05) is 38.2 Å². The van der Waals surface area contributed by atoms with E-state index in [1.807, 2.05) is 18.2 Å². The van der Waals surface area contributed by atoms with E-state index in [9.17, 15) is 0 Å². The van der Waals surface area contributed by atoms with Crippen molar-refractivity contribution in [3.05, 3.63) is 18.2 Å². The molecule has 2 N–H and O–H groups in total. The number of hydrogen-bond donors (Lipinski definition) is 1. The molecule has 1 aromatic carbocycles. The first-order valence-electron chi connectivity index (χ1n) is 6.30. The van der Waals surface area contributed by atoms with Crippen LogP contribution in [0.3, 0.4) is 0 Å².